The Bertz CT molecular complexity index is 961. The average molecular weight is 360 g/mol. The highest BCUT2D eigenvalue weighted by Crippen LogP contribution is 2.25. The molecule has 0 saturated carbocycles. The Morgan fingerprint density at radius 3 is 2.20 bits per heavy atom. The number of phenols is 1. The van der Waals surface area contributed by atoms with E-state index < -0.39 is 15.4 Å². The van der Waals surface area contributed by atoms with E-state index in [1.807, 2.05) is 0 Å². The molecule has 130 valence electrons. The Balaban J connectivity index is 1.80. The second kappa shape index (κ2) is 6.56. The Morgan fingerprint density at radius 1 is 1.00 bits per heavy atom. The van der Waals surface area contributed by atoms with Crippen LogP contribution in [-0.2, 0) is 10.1 Å². The van der Waals surface area contributed by atoms with Gasteiger partial charge in [0.15, 0.2) is 0 Å². The first-order valence-electron chi connectivity index (χ1n) is 7.52. The third-order valence-corrected chi connectivity index (χ3v) is 5.02. The topological polar surface area (TPSA) is 103 Å². The van der Waals surface area contributed by atoms with E-state index in [0.717, 1.165) is 0 Å². The Morgan fingerprint density at radius 2 is 1.60 bits per heavy atom. The van der Waals surface area contributed by atoms with Crippen LogP contribution in [0.25, 0.3) is 22.8 Å². The van der Waals surface area contributed by atoms with Crippen LogP contribution in [0.3, 0.4) is 0 Å². The lowest BCUT2D eigenvalue weighted by Crippen LogP contribution is -2.19. The van der Waals surface area contributed by atoms with Crippen LogP contribution in [0.4, 0.5) is 0 Å². The molecule has 0 aliphatic heterocycles. The van der Waals surface area contributed by atoms with Crippen molar-refractivity contribution in [3.8, 4) is 34.3 Å². The molecule has 0 atom stereocenters. The lowest BCUT2D eigenvalue weighted by atomic mass is 10.2. The first-order chi connectivity index (χ1) is 11.8. The number of hydrogen-bond acceptors (Lipinski definition) is 7. The van der Waals surface area contributed by atoms with Crippen molar-refractivity contribution in [1.82, 2.24) is 10.1 Å². The maximum atomic E-state index is 11.8. The summed E-state index contributed by atoms with van der Waals surface area (Å²) in [4.78, 5) is 4.29. The molecule has 0 aliphatic rings. The molecule has 0 bridgehead atoms. The number of aromatic nitrogens is 2. The van der Waals surface area contributed by atoms with Gasteiger partial charge in [0.1, 0.15) is 11.5 Å². The number of rotatable bonds is 5. The van der Waals surface area contributed by atoms with Crippen LogP contribution in [-0.4, -0.2) is 28.9 Å². The quantitative estimate of drug-likeness (QED) is 0.697. The Kier molecular flexibility index (Phi) is 4.45. The van der Waals surface area contributed by atoms with Gasteiger partial charge in [0.25, 0.3) is 5.89 Å². The van der Waals surface area contributed by atoms with Gasteiger partial charge in [-0.25, -0.2) is 0 Å². The standard InChI is InChI=1S/C17H16N2O5S/c1-11(2)25(21,22)24-15-9-5-12(6-10-15)16-18-17(23-19-16)13-3-7-14(20)8-4-13/h3-11,20H,1-2H3. The molecule has 25 heavy (non-hydrogen) atoms. The highest BCUT2D eigenvalue weighted by Gasteiger charge is 2.18. The Labute approximate surface area is 145 Å². The second-order valence-electron chi connectivity index (χ2n) is 5.62. The van der Waals surface area contributed by atoms with Gasteiger partial charge in [0.2, 0.25) is 5.82 Å². The second-order valence-corrected chi connectivity index (χ2v) is 7.71. The zero-order chi connectivity index (χ0) is 18.0. The lowest BCUT2D eigenvalue weighted by molar-refractivity contribution is 0.432. The highest BCUT2D eigenvalue weighted by atomic mass is 32.2. The summed E-state index contributed by atoms with van der Waals surface area (Å²) >= 11 is 0. The monoisotopic (exact) mass is 360 g/mol. The van der Waals surface area contributed by atoms with Crippen LogP contribution < -0.4 is 4.18 Å². The fourth-order valence-electron chi connectivity index (χ4n) is 1.95. The maximum Gasteiger partial charge on any atom is 0.311 e. The van der Waals surface area contributed by atoms with E-state index in [0.29, 0.717) is 22.8 Å². The van der Waals surface area contributed by atoms with Crippen LogP contribution >= 0.6 is 0 Å². The normalized spacial score (nSPS) is 11.6. The van der Waals surface area contributed by atoms with Crippen molar-refractivity contribution < 1.29 is 22.2 Å². The molecule has 2 aromatic carbocycles. The van der Waals surface area contributed by atoms with E-state index in [4.69, 9.17) is 8.71 Å². The minimum atomic E-state index is -3.63. The molecule has 0 unspecified atom stereocenters. The molecular formula is C17H16N2O5S. The summed E-state index contributed by atoms with van der Waals surface area (Å²) in [5.41, 5.74) is 1.34. The molecule has 1 heterocycles. The summed E-state index contributed by atoms with van der Waals surface area (Å²) in [6.07, 6.45) is 0. The zero-order valence-electron chi connectivity index (χ0n) is 13.6. The number of benzene rings is 2. The van der Waals surface area contributed by atoms with Crippen LogP contribution in [0.1, 0.15) is 13.8 Å². The predicted octanol–water partition coefficient (Wildman–Crippen LogP) is 3.23. The van der Waals surface area contributed by atoms with Gasteiger partial charge in [-0.1, -0.05) is 5.16 Å². The predicted molar refractivity (Wildman–Crippen MR) is 91.5 cm³/mol. The van der Waals surface area contributed by atoms with Crippen molar-refractivity contribution in [3.05, 3.63) is 48.5 Å². The molecule has 3 aromatic rings. The molecule has 0 fully saturated rings. The molecule has 0 saturated heterocycles. The van der Waals surface area contributed by atoms with Gasteiger partial charge in [-0.2, -0.15) is 13.4 Å². The van der Waals surface area contributed by atoms with Gasteiger partial charge in [-0.3, -0.25) is 0 Å². The summed E-state index contributed by atoms with van der Waals surface area (Å²) in [6, 6.07) is 12.8. The summed E-state index contributed by atoms with van der Waals surface area (Å²) in [5.74, 6) is 1.05. The number of hydrogen-bond donors (Lipinski definition) is 1. The number of aromatic hydroxyl groups is 1. The van der Waals surface area contributed by atoms with Crippen molar-refractivity contribution in [1.29, 1.82) is 0 Å². The van der Waals surface area contributed by atoms with Crippen LogP contribution in [0.5, 0.6) is 11.5 Å². The van der Waals surface area contributed by atoms with Gasteiger partial charge in [0.05, 0.1) is 5.25 Å². The summed E-state index contributed by atoms with van der Waals surface area (Å²) in [5, 5.41) is 12.6. The fourth-order valence-corrected chi connectivity index (χ4v) is 2.52. The zero-order valence-corrected chi connectivity index (χ0v) is 14.4. The van der Waals surface area contributed by atoms with Gasteiger partial charge in [0, 0.05) is 11.1 Å². The minimum absolute atomic E-state index is 0.149. The molecule has 0 amide bonds. The summed E-state index contributed by atoms with van der Waals surface area (Å²) < 4.78 is 33.8. The molecular weight excluding hydrogens is 344 g/mol. The van der Waals surface area contributed by atoms with Gasteiger partial charge in [-0.05, 0) is 62.4 Å². The third-order valence-electron chi connectivity index (χ3n) is 3.44. The molecule has 1 aromatic heterocycles. The Hall–Kier alpha value is -2.87. The molecule has 0 spiro atoms. The summed E-state index contributed by atoms with van der Waals surface area (Å²) in [7, 11) is -3.63. The largest absolute Gasteiger partial charge is 0.508 e. The molecule has 1 N–H and O–H groups in total. The SMILES string of the molecule is CC(C)S(=O)(=O)Oc1ccc(-c2noc(-c3ccc(O)cc3)n2)cc1. The lowest BCUT2D eigenvalue weighted by Gasteiger charge is -2.09. The molecule has 0 aliphatic carbocycles. The molecule has 7 nitrogen and oxygen atoms in total. The van der Waals surface area contributed by atoms with Gasteiger partial charge >= 0.3 is 10.1 Å². The van der Waals surface area contributed by atoms with E-state index in [1.165, 1.54) is 24.3 Å². The van der Waals surface area contributed by atoms with E-state index in [1.54, 1.807) is 38.1 Å². The van der Waals surface area contributed by atoms with Gasteiger partial charge < -0.3 is 13.8 Å². The smallest absolute Gasteiger partial charge is 0.311 e. The molecule has 3 rings (SSSR count). The van der Waals surface area contributed by atoms with Crippen molar-refractivity contribution in [2.24, 2.45) is 0 Å². The van der Waals surface area contributed by atoms with Crippen molar-refractivity contribution in [2.45, 2.75) is 19.1 Å². The average Bonchev–Trinajstić information content (AvgIpc) is 3.06. The van der Waals surface area contributed by atoms with Crippen molar-refractivity contribution >= 4 is 10.1 Å². The molecule has 8 heteroatoms. The van der Waals surface area contributed by atoms with E-state index in [2.05, 4.69) is 10.1 Å². The number of nitrogens with zero attached hydrogens (tertiary/aromatic N) is 2. The van der Waals surface area contributed by atoms with Crippen molar-refractivity contribution in [3.63, 3.8) is 0 Å². The molecule has 0 radical (unpaired) electrons. The maximum absolute atomic E-state index is 11.8. The first kappa shape index (κ1) is 17.0. The van der Waals surface area contributed by atoms with Crippen LogP contribution in [0, 0.1) is 0 Å². The van der Waals surface area contributed by atoms with Crippen molar-refractivity contribution in [2.75, 3.05) is 0 Å². The fraction of sp³-hybridized carbons (Fsp3) is 0.176. The van der Waals surface area contributed by atoms with Crippen LogP contribution in [0.15, 0.2) is 53.1 Å². The van der Waals surface area contributed by atoms with E-state index in [9.17, 15) is 13.5 Å². The highest BCUT2D eigenvalue weighted by molar-refractivity contribution is 7.87. The van der Waals surface area contributed by atoms with E-state index >= 15 is 0 Å². The summed E-state index contributed by atoms with van der Waals surface area (Å²) in [6.45, 7) is 3.10. The van der Waals surface area contributed by atoms with Crippen LogP contribution in [0.2, 0.25) is 0 Å². The minimum Gasteiger partial charge on any atom is -0.508 e. The first-order valence-corrected chi connectivity index (χ1v) is 8.99. The third kappa shape index (κ3) is 3.80. The van der Waals surface area contributed by atoms with E-state index in [-0.39, 0.29) is 11.5 Å². The number of phenolic OH excluding ortho intramolecular Hbond substituents is 1. The van der Waals surface area contributed by atoms with Gasteiger partial charge in [-0.15, -0.1) is 0 Å².